The van der Waals surface area contributed by atoms with Crippen LogP contribution in [0.2, 0.25) is 5.02 Å². The molecule has 2 fully saturated rings. The van der Waals surface area contributed by atoms with E-state index in [2.05, 4.69) is 33.5 Å². The van der Waals surface area contributed by atoms with Crippen molar-refractivity contribution >= 4 is 38.7 Å². The smallest absolute Gasteiger partial charge is 0.285 e. The van der Waals surface area contributed by atoms with Crippen molar-refractivity contribution in [3.05, 3.63) is 70.3 Å². The Morgan fingerprint density at radius 1 is 1.16 bits per heavy atom. The zero-order chi connectivity index (χ0) is 31.2. The summed E-state index contributed by atoms with van der Waals surface area (Å²) in [6.07, 6.45) is 12.5. The molecule has 0 unspecified atom stereocenters. The number of amides is 1. The maximum absolute atomic E-state index is 14.1. The lowest BCUT2D eigenvalue weighted by Crippen LogP contribution is -2.49. The number of carbonyl (C=O) groups excluding carboxylic acids is 2. The first-order chi connectivity index (χ1) is 21.8. The highest BCUT2D eigenvalue weighted by Crippen LogP contribution is 2.47. The molecule has 7 rings (SSSR count). The standard InChI is InChI=1S/C36H43ClN2O5S/c1-43-33-7-3-2-4-17-45(42,21-32(40)24-8-9-24)38-35(41)26-11-15-34-31(19-26)39(20-27-10-13-29(27)33)22-36(23-44-34)16-5-6-25-18-28(37)12-14-30(25)36/h3,7,11-12,14-15,18-19,24,27,29,33H,2,4-6,8-10,13,16-17,20-23H2,1H3/b7-3+/t27-,29+,33-,36-,45+/m0/s1. The molecule has 240 valence electrons. The molecule has 5 atom stereocenters. The third-order valence-electron chi connectivity index (χ3n) is 10.7. The number of allylic oxidation sites excluding steroid dienone is 1. The van der Waals surface area contributed by atoms with E-state index in [9.17, 15) is 13.8 Å². The van der Waals surface area contributed by atoms with E-state index in [1.807, 2.05) is 18.2 Å². The number of benzene rings is 2. The van der Waals surface area contributed by atoms with Crippen molar-refractivity contribution in [2.45, 2.75) is 69.3 Å². The number of ether oxygens (including phenoxy) is 2. The van der Waals surface area contributed by atoms with Gasteiger partial charge in [0.2, 0.25) is 0 Å². The van der Waals surface area contributed by atoms with Gasteiger partial charge in [0.25, 0.3) is 5.91 Å². The van der Waals surface area contributed by atoms with E-state index < -0.39 is 15.6 Å². The topological polar surface area (TPSA) is 85.3 Å². The minimum absolute atomic E-state index is 0.00395. The Morgan fingerprint density at radius 2 is 2.02 bits per heavy atom. The Bertz CT molecular complexity index is 1640. The number of rotatable bonds is 4. The average Bonchev–Trinajstić information content (AvgIpc) is 3.87. The van der Waals surface area contributed by atoms with Crippen LogP contribution in [0.25, 0.3) is 0 Å². The normalized spacial score (nSPS) is 32.3. The molecule has 2 saturated carbocycles. The van der Waals surface area contributed by atoms with Crippen molar-refractivity contribution in [3.8, 4) is 5.75 Å². The van der Waals surface area contributed by atoms with Gasteiger partial charge in [-0.1, -0.05) is 29.8 Å². The lowest BCUT2D eigenvalue weighted by atomic mass is 9.68. The van der Waals surface area contributed by atoms with Crippen molar-refractivity contribution in [1.82, 2.24) is 0 Å². The summed E-state index contributed by atoms with van der Waals surface area (Å²) in [4.78, 5) is 28.9. The molecule has 2 aromatic rings. The molecule has 0 saturated heterocycles. The third-order valence-corrected chi connectivity index (χ3v) is 13.1. The quantitative estimate of drug-likeness (QED) is 0.339. The number of hydrogen-bond donors (Lipinski definition) is 0. The summed E-state index contributed by atoms with van der Waals surface area (Å²) in [6, 6.07) is 11.7. The predicted octanol–water partition coefficient (Wildman–Crippen LogP) is 6.79. The maximum Gasteiger partial charge on any atom is 0.285 e. The van der Waals surface area contributed by atoms with Crippen LogP contribution < -0.4 is 9.64 Å². The van der Waals surface area contributed by atoms with Crippen molar-refractivity contribution in [2.75, 3.05) is 43.2 Å². The fourth-order valence-electron chi connectivity index (χ4n) is 7.94. The van der Waals surface area contributed by atoms with E-state index in [1.165, 1.54) is 11.1 Å². The Hall–Kier alpha value is -2.68. The Labute approximate surface area is 271 Å². The fourth-order valence-corrected chi connectivity index (χ4v) is 10.1. The Morgan fingerprint density at radius 3 is 2.80 bits per heavy atom. The van der Waals surface area contributed by atoms with Crippen LogP contribution in [-0.2, 0) is 31.1 Å². The summed E-state index contributed by atoms with van der Waals surface area (Å²) in [6.45, 7) is 2.12. The van der Waals surface area contributed by atoms with E-state index in [-0.39, 0.29) is 34.7 Å². The average molecular weight is 651 g/mol. The fraction of sp³-hybridized carbons (Fsp3) is 0.556. The molecule has 1 amide bonds. The number of fused-ring (bicyclic) bond motifs is 4. The van der Waals surface area contributed by atoms with Gasteiger partial charge in [-0.05, 0) is 111 Å². The summed E-state index contributed by atoms with van der Waals surface area (Å²) >= 11 is 6.43. The van der Waals surface area contributed by atoms with Crippen molar-refractivity contribution in [2.24, 2.45) is 22.1 Å². The van der Waals surface area contributed by atoms with Crippen LogP contribution in [0.5, 0.6) is 5.75 Å². The minimum atomic E-state index is -3.04. The number of methoxy groups -OCH3 is 1. The van der Waals surface area contributed by atoms with Crippen LogP contribution in [0.1, 0.15) is 72.9 Å². The molecule has 0 N–H and O–H groups in total. The van der Waals surface area contributed by atoms with Gasteiger partial charge in [-0.25, -0.2) is 4.21 Å². The second kappa shape index (κ2) is 12.5. The van der Waals surface area contributed by atoms with E-state index in [0.29, 0.717) is 36.8 Å². The third kappa shape index (κ3) is 6.35. The predicted molar refractivity (Wildman–Crippen MR) is 178 cm³/mol. The van der Waals surface area contributed by atoms with Crippen LogP contribution in [-0.4, -0.2) is 60.3 Å². The summed E-state index contributed by atoms with van der Waals surface area (Å²) in [5.74, 6) is 1.05. The van der Waals surface area contributed by atoms with E-state index in [4.69, 9.17) is 21.1 Å². The van der Waals surface area contributed by atoms with Crippen molar-refractivity contribution < 1.29 is 23.3 Å². The number of carbonyl (C=O) groups is 2. The minimum Gasteiger partial charge on any atom is -0.490 e. The molecule has 45 heavy (non-hydrogen) atoms. The van der Waals surface area contributed by atoms with Gasteiger partial charge in [0.05, 0.1) is 33.9 Å². The summed E-state index contributed by atoms with van der Waals surface area (Å²) in [5, 5.41) is 0.756. The summed E-state index contributed by atoms with van der Waals surface area (Å²) < 4.78 is 31.0. The Balaban J connectivity index is 1.30. The highest BCUT2D eigenvalue weighted by molar-refractivity contribution is 7.94. The zero-order valence-electron chi connectivity index (χ0n) is 26.0. The number of hydrogen-bond acceptors (Lipinski definition) is 6. The number of Topliss-reactive ketones (excluding diaryl/α,β-unsaturated/α-hetero) is 1. The van der Waals surface area contributed by atoms with Gasteiger partial charge in [0.15, 0.2) is 0 Å². The molecule has 2 aliphatic heterocycles. The monoisotopic (exact) mass is 650 g/mol. The number of nitrogens with zero attached hydrogens (tertiary/aromatic N) is 2. The molecule has 2 bridgehead atoms. The lowest BCUT2D eigenvalue weighted by Gasteiger charge is -2.46. The van der Waals surface area contributed by atoms with E-state index >= 15 is 0 Å². The number of anilines is 1. The molecule has 3 aliphatic carbocycles. The second-order valence-corrected chi connectivity index (χ2v) is 16.7. The molecule has 9 heteroatoms. The first-order valence-corrected chi connectivity index (χ1v) is 18.8. The highest BCUT2D eigenvalue weighted by Gasteiger charge is 2.44. The Kier molecular flexibility index (Phi) is 8.59. The molecular weight excluding hydrogens is 608 g/mol. The molecule has 2 heterocycles. The molecule has 0 aromatic heterocycles. The van der Waals surface area contributed by atoms with Gasteiger partial charge < -0.3 is 14.4 Å². The van der Waals surface area contributed by atoms with Crippen LogP contribution in [0.4, 0.5) is 5.69 Å². The lowest BCUT2D eigenvalue weighted by molar-refractivity contribution is -0.117. The maximum atomic E-state index is 14.1. The van der Waals surface area contributed by atoms with Gasteiger partial charge in [0, 0.05) is 47.9 Å². The molecule has 5 aliphatic rings. The van der Waals surface area contributed by atoms with E-state index in [0.717, 1.165) is 74.5 Å². The second-order valence-electron chi connectivity index (χ2n) is 13.8. The zero-order valence-corrected chi connectivity index (χ0v) is 27.6. The van der Waals surface area contributed by atoms with Crippen molar-refractivity contribution in [3.63, 3.8) is 0 Å². The molecule has 0 radical (unpaired) electrons. The molecule has 2 aromatic carbocycles. The summed E-state index contributed by atoms with van der Waals surface area (Å²) in [7, 11) is -1.26. The van der Waals surface area contributed by atoms with Gasteiger partial charge in [0.1, 0.15) is 11.5 Å². The largest absolute Gasteiger partial charge is 0.490 e. The highest BCUT2D eigenvalue weighted by atomic mass is 35.5. The van der Waals surface area contributed by atoms with Crippen LogP contribution in [0.3, 0.4) is 0 Å². The van der Waals surface area contributed by atoms with Gasteiger partial charge in [-0.3, -0.25) is 9.59 Å². The van der Waals surface area contributed by atoms with Crippen LogP contribution >= 0.6 is 11.6 Å². The molecule has 1 spiro atoms. The molecular formula is C36H43ClN2O5S. The molecule has 7 nitrogen and oxygen atoms in total. The first-order valence-electron chi connectivity index (χ1n) is 16.6. The SMILES string of the molecule is CO[C@H]1/C=C/CCC[S@@](=O)(CC(=O)C2CC2)=NC(=O)c2ccc3c(c2)N(C[C@@H]2CC[C@H]21)C[C@@]1(CCCc2cc(Cl)ccc21)CO3. The first kappa shape index (κ1) is 30.9. The number of ketones is 1. The van der Waals surface area contributed by atoms with Crippen LogP contribution in [0, 0.1) is 17.8 Å². The van der Waals surface area contributed by atoms with E-state index in [1.54, 1.807) is 13.2 Å². The van der Waals surface area contributed by atoms with Gasteiger partial charge >= 0.3 is 0 Å². The number of halogens is 1. The van der Waals surface area contributed by atoms with Crippen LogP contribution in [0.15, 0.2) is 52.9 Å². The van der Waals surface area contributed by atoms with Gasteiger partial charge in [-0.15, -0.1) is 0 Å². The van der Waals surface area contributed by atoms with Crippen molar-refractivity contribution in [1.29, 1.82) is 0 Å². The van der Waals surface area contributed by atoms with Gasteiger partial charge in [-0.2, -0.15) is 4.36 Å². The number of aryl methyl sites for hydroxylation is 1. The summed E-state index contributed by atoms with van der Waals surface area (Å²) in [5.41, 5.74) is 3.62.